The molecule has 0 unspecified atom stereocenters. The zero-order valence-corrected chi connectivity index (χ0v) is 16.6. The molecule has 5 heteroatoms. The molecule has 0 aliphatic carbocycles. The van der Waals surface area contributed by atoms with Crippen molar-refractivity contribution in [1.82, 2.24) is 5.32 Å². The largest absolute Gasteiger partial charge is 0.493 e. The van der Waals surface area contributed by atoms with Gasteiger partial charge in [0.15, 0.2) is 0 Å². The van der Waals surface area contributed by atoms with Crippen molar-refractivity contribution in [3.05, 3.63) is 59.2 Å². The van der Waals surface area contributed by atoms with Gasteiger partial charge in [-0.15, -0.1) is 0 Å². The molecule has 144 valence electrons. The van der Waals surface area contributed by atoms with Crippen molar-refractivity contribution < 1.29 is 14.3 Å². The van der Waals surface area contributed by atoms with Crippen LogP contribution in [0.15, 0.2) is 42.5 Å². The van der Waals surface area contributed by atoms with Gasteiger partial charge in [0, 0.05) is 5.69 Å². The van der Waals surface area contributed by atoms with Crippen molar-refractivity contribution >= 4 is 17.5 Å². The number of hydrogen-bond donors (Lipinski definition) is 2. The first-order valence-electron chi connectivity index (χ1n) is 9.24. The Kier molecular flexibility index (Phi) is 6.99. The van der Waals surface area contributed by atoms with Crippen LogP contribution < -0.4 is 15.4 Å². The summed E-state index contributed by atoms with van der Waals surface area (Å²) < 4.78 is 5.52. The van der Waals surface area contributed by atoms with Crippen LogP contribution in [0.1, 0.15) is 42.3 Å². The van der Waals surface area contributed by atoms with Crippen LogP contribution in [-0.4, -0.2) is 24.5 Å². The molecule has 2 rings (SSSR count). The van der Waals surface area contributed by atoms with E-state index in [0.717, 1.165) is 16.8 Å². The number of aryl methyl sites for hydroxylation is 2. The van der Waals surface area contributed by atoms with E-state index < -0.39 is 6.04 Å². The molecule has 0 bridgehead atoms. The Morgan fingerprint density at radius 3 is 2.44 bits per heavy atom. The lowest BCUT2D eigenvalue weighted by Gasteiger charge is -2.23. The highest BCUT2D eigenvalue weighted by Gasteiger charge is 2.26. The molecule has 0 aliphatic rings. The lowest BCUT2D eigenvalue weighted by atomic mass is 10.0. The molecule has 0 radical (unpaired) electrons. The first kappa shape index (κ1) is 20.5. The molecule has 0 aliphatic heterocycles. The third-order valence-corrected chi connectivity index (χ3v) is 4.32. The van der Waals surface area contributed by atoms with Gasteiger partial charge in [0.25, 0.3) is 5.91 Å². The maximum atomic E-state index is 12.8. The van der Waals surface area contributed by atoms with E-state index in [-0.39, 0.29) is 17.7 Å². The van der Waals surface area contributed by atoms with E-state index in [1.165, 1.54) is 0 Å². The number of para-hydroxylation sites is 1. The highest BCUT2D eigenvalue weighted by Crippen LogP contribution is 2.20. The van der Waals surface area contributed by atoms with Crippen LogP contribution in [0.5, 0.6) is 5.75 Å². The number of carbonyl (C=O) groups excluding carboxylic acids is 2. The number of benzene rings is 2. The monoisotopic (exact) mass is 368 g/mol. The zero-order chi connectivity index (χ0) is 20.0. The molecule has 0 spiro atoms. The van der Waals surface area contributed by atoms with Gasteiger partial charge in [0.1, 0.15) is 11.8 Å². The first-order valence-corrected chi connectivity index (χ1v) is 9.24. The van der Waals surface area contributed by atoms with E-state index in [1.54, 1.807) is 18.2 Å². The smallest absolute Gasteiger partial charge is 0.255 e. The molecule has 0 heterocycles. The summed E-state index contributed by atoms with van der Waals surface area (Å²) in [6.07, 6.45) is 0. The average Bonchev–Trinajstić information content (AvgIpc) is 2.63. The van der Waals surface area contributed by atoms with Gasteiger partial charge in [-0.3, -0.25) is 9.59 Å². The molecular formula is C22H28N2O3. The van der Waals surface area contributed by atoms with E-state index in [9.17, 15) is 9.59 Å². The van der Waals surface area contributed by atoms with E-state index in [1.807, 2.05) is 58.9 Å². The van der Waals surface area contributed by atoms with Gasteiger partial charge in [0.2, 0.25) is 5.91 Å². The first-order chi connectivity index (χ1) is 12.8. The molecular weight excluding hydrogens is 340 g/mol. The molecule has 0 saturated heterocycles. The van der Waals surface area contributed by atoms with Crippen molar-refractivity contribution in [2.75, 3.05) is 11.9 Å². The van der Waals surface area contributed by atoms with Gasteiger partial charge in [-0.2, -0.15) is 0 Å². The number of anilines is 1. The van der Waals surface area contributed by atoms with E-state index in [2.05, 4.69) is 10.6 Å². The molecule has 5 nitrogen and oxygen atoms in total. The standard InChI is InChI=1S/C22H28N2O3/c1-6-27-19-10-8-7-9-17(19)21(25)24-20(14(2)3)22(26)23-18-13-15(4)11-12-16(18)5/h7-14,20H,6H2,1-5H3,(H,23,26)(H,24,25)/t20-/m1/s1. The third kappa shape index (κ3) is 5.33. The number of rotatable bonds is 7. The van der Waals surface area contributed by atoms with E-state index in [4.69, 9.17) is 4.74 Å². The average molecular weight is 368 g/mol. The minimum Gasteiger partial charge on any atom is -0.493 e. The van der Waals surface area contributed by atoms with Crippen molar-refractivity contribution in [3.8, 4) is 5.75 Å². The molecule has 27 heavy (non-hydrogen) atoms. The summed E-state index contributed by atoms with van der Waals surface area (Å²) in [5, 5.41) is 5.80. The Labute approximate surface area is 161 Å². The predicted molar refractivity (Wildman–Crippen MR) is 108 cm³/mol. The van der Waals surface area contributed by atoms with E-state index >= 15 is 0 Å². The Hall–Kier alpha value is -2.82. The SMILES string of the molecule is CCOc1ccccc1C(=O)N[C@@H](C(=O)Nc1cc(C)ccc1C)C(C)C. The van der Waals surface area contributed by atoms with Crippen LogP contribution >= 0.6 is 0 Å². The third-order valence-electron chi connectivity index (χ3n) is 4.32. The van der Waals surface area contributed by atoms with Crippen molar-refractivity contribution in [1.29, 1.82) is 0 Å². The molecule has 0 saturated carbocycles. The summed E-state index contributed by atoms with van der Waals surface area (Å²) in [5.41, 5.74) is 3.22. The summed E-state index contributed by atoms with van der Waals surface area (Å²) in [6.45, 7) is 10.1. The Balaban J connectivity index is 2.19. The van der Waals surface area contributed by atoms with Crippen LogP contribution in [0.3, 0.4) is 0 Å². The molecule has 2 aromatic carbocycles. The fourth-order valence-corrected chi connectivity index (χ4v) is 2.77. The lowest BCUT2D eigenvalue weighted by Crippen LogP contribution is -2.47. The highest BCUT2D eigenvalue weighted by molar-refractivity contribution is 6.02. The second-order valence-corrected chi connectivity index (χ2v) is 6.93. The van der Waals surface area contributed by atoms with Crippen LogP contribution in [0.2, 0.25) is 0 Å². The zero-order valence-electron chi connectivity index (χ0n) is 16.6. The number of ether oxygens (including phenoxy) is 1. The fourth-order valence-electron chi connectivity index (χ4n) is 2.77. The van der Waals surface area contributed by atoms with E-state index in [0.29, 0.717) is 17.9 Å². The van der Waals surface area contributed by atoms with Crippen LogP contribution in [0.4, 0.5) is 5.69 Å². The number of carbonyl (C=O) groups is 2. The highest BCUT2D eigenvalue weighted by atomic mass is 16.5. The normalized spacial score (nSPS) is 11.8. The second-order valence-electron chi connectivity index (χ2n) is 6.93. The Morgan fingerprint density at radius 1 is 1.07 bits per heavy atom. The topological polar surface area (TPSA) is 67.4 Å². The van der Waals surface area contributed by atoms with Crippen LogP contribution in [0, 0.1) is 19.8 Å². The Morgan fingerprint density at radius 2 is 1.78 bits per heavy atom. The summed E-state index contributed by atoms with van der Waals surface area (Å²) >= 11 is 0. The van der Waals surface area contributed by atoms with Gasteiger partial charge < -0.3 is 15.4 Å². The molecule has 0 aromatic heterocycles. The van der Waals surface area contributed by atoms with Crippen LogP contribution in [-0.2, 0) is 4.79 Å². The van der Waals surface area contributed by atoms with Crippen LogP contribution in [0.25, 0.3) is 0 Å². The number of amides is 2. The quantitative estimate of drug-likeness (QED) is 0.773. The van der Waals surface area contributed by atoms with Gasteiger partial charge >= 0.3 is 0 Å². The maximum Gasteiger partial charge on any atom is 0.255 e. The number of hydrogen-bond acceptors (Lipinski definition) is 3. The second kappa shape index (κ2) is 9.21. The summed E-state index contributed by atoms with van der Waals surface area (Å²) in [4.78, 5) is 25.6. The Bertz CT molecular complexity index is 815. The van der Waals surface area contributed by atoms with Gasteiger partial charge in [-0.05, 0) is 56.0 Å². The molecule has 2 N–H and O–H groups in total. The predicted octanol–water partition coefficient (Wildman–Crippen LogP) is 4.10. The molecule has 2 aromatic rings. The molecule has 2 amide bonds. The summed E-state index contributed by atoms with van der Waals surface area (Å²) in [7, 11) is 0. The fraction of sp³-hybridized carbons (Fsp3) is 0.364. The maximum absolute atomic E-state index is 12.8. The van der Waals surface area contributed by atoms with Crippen molar-refractivity contribution in [2.24, 2.45) is 5.92 Å². The summed E-state index contributed by atoms with van der Waals surface area (Å²) in [6, 6.07) is 12.3. The van der Waals surface area contributed by atoms with Crippen molar-refractivity contribution in [3.63, 3.8) is 0 Å². The van der Waals surface area contributed by atoms with Crippen molar-refractivity contribution in [2.45, 2.75) is 40.7 Å². The summed E-state index contributed by atoms with van der Waals surface area (Å²) in [5.74, 6) is -0.122. The van der Waals surface area contributed by atoms with Gasteiger partial charge in [-0.1, -0.05) is 38.1 Å². The minimum absolute atomic E-state index is 0.0710. The minimum atomic E-state index is -0.660. The van der Waals surface area contributed by atoms with Gasteiger partial charge in [0.05, 0.1) is 12.2 Å². The molecule has 0 fully saturated rings. The molecule has 1 atom stereocenters. The van der Waals surface area contributed by atoms with Gasteiger partial charge in [-0.25, -0.2) is 0 Å². The lowest BCUT2D eigenvalue weighted by molar-refractivity contribution is -0.118. The number of nitrogens with one attached hydrogen (secondary N) is 2.